The summed E-state index contributed by atoms with van der Waals surface area (Å²) < 4.78 is 5.38. The second-order valence-electron chi connectivity index (χ2n) is 4.86. The van der Waals surface area contributed by atoms with Crippen molar-refractivity contribution < 1.29 is 4.74 Å². The summed E-state index contributed by atoms with van der Waals surface area (Å²) in [5.41, 5.74) is -0.211. The van der Waals surface area contributed by atoms with Gasteiger partial charge >= 0.3 is 0 Å². The Labute approximate surface area is 119 Å². The molecule has 108 valence electrons. The molecule has 0 aromatic carbocycles. The van der Waals surface area contributed by atoms with Crippen LogP contribution < -0.4 is 10.6 Å². The molecule has 0 bridgehead atoms. The van der Waals surface area contributed by atoms with E-state index < -0.39 is 0 Å². The Morgan fingerprint density at radius 3 is 2.74 bits per heavy atom. The number of methoxy groups -OCH3 is 1. The van der Waals surface area contributed by atoms with Gasteiger partial charge in [0.15, 0.2) is 5.96 Å². The molecule has 6 heteroatoms. The van der Waals surface area contributed by atoms with Crippen LogP contribution in [0.1, 0.15) is 30.7 Å². The number of guanidine groups is 1. The fourth-order valence-electron chi connectivity index (χ4n) is 1.35. The van der Waals surface area contributed by atoms with E-state index in [1.807, 2.05) is 27.0 Å². The molecule has 2 N–H and O–H groups in total. The highest BCUT2D eigenvalue weighted by Gasteiger charge is 2.16. The molecule has 0 amide bonds. The van der Waals surface area contributed by atoms with Gasteiger partial charge in [-0.25, -0.2) is 9.98 Å². The predicted octanol–water partition coefficient (Wildman–Crippen LogP) is 1.93. The SMILES string of the molecule is CCNC(=NCc1cnc(C)s1)NCC(C)(C)OC. The standard InChI is InChI=1S/C13H24N4OS/c1-6-14-12(17-9-13(3,4)18-5)16-8-11-7-15-10(2)19-11/h7H,6,8-9H2,1-5H3,(H2,14,16,17). The Hall–Kier alpha value is -1.14. The zero-order valence-corrected chi connectivity index (χ0v) is 13.2. The van der Waals surface area contributed by atoms with Crippen LogP contribution in [0.25, 0.3) is 0 Å². The summed E-state index contributed by atoms with van der Waals surface area (Å²) in [5.74, 6) is 0.804. The van der Waals surface area contributed by atoms with Gasteiger partial charge in [0.25, 0.3) is 0 Å². The molecule has 1 aromatic rings. The van der Waals surface area contributed by atoms with Gasteiger partial charge in [-0.3, -0.25) is 0 Å². The molecule has 5 nitrogen and oxygen atoms in total. The number of thiazole rings is 1. The van der Waals surface area contributed by atoms with Gasteiger partial charge in [0.2, 0.25) is 0 Å². The molecule has 0 aliphatic carbocycles. The molecule has 0 fully saturated rings. The maximum atomic E-state index is 5.38. The van der Waals surface area contributed by atoms with Gasteiger partial charge in [0.1, 0.15) is 0 Å². The fraction of sp³-hybridized carbons (Fsp3) is 0.692. The smallest absolute Gasteiger partial charge is 0.191 e. The van der Waals surface area contributed by atoms with Crippen molar-refractivity contribution in [2.24, 2.45) is 4.99 Å². The average molecular weight is 284 g/mol. The minimum Gasteiger partial charge on any atom is -0.377 e. The summed E-state index contributed by atoms with van der Waals surface area (Å²) in [7, 11) is 1.71. The maximum Gasteiger partial charge on any atom is 0.191 e. The van der Waals surface area contributed by atoms with E-state index in [0.29, 0.717) is 13.1 Å². The molecule has 1 heterocycles. The third-order valence-corrected chi connectivity index (χ3v) is 3.54. The van der Waals surface area contributed by atoms with E-state index in [0.717, 1.165) is 17.5 Å². The molecule has 0 saturated carbocycles. The van der Waals surface area contributed by atoms with Gasteiger partial charge in [0.05, 0.1) is 17.2 Å². The van der Waals surface area contributed by atoms with Gasteiger partial charge in [-0.15, -0.1) is 11.3 Å². The molecule has 0 saturated heterocycles. The lowest BCUT2D eigenvalue weighted by molar-refractivity contribution is 0.0268. The molecular formula is C13H24N4OS. The number of aromatic nitrogens is 1. The van der Waals surface area contributed by atoms with Crippen LogP contribution in [0.3, 0.4) is 0 Å². The maximum absolute atomic E-state index is 5.38. The van der Waals surface area contributed by atoms with E-state index in [1.165, 1.54) is 4.88 Å². The van der Waals surface area contributed by atoms with Crippen molar-refractivity contribution in [2.45, 2.75) is 39.8 Å². The highest BCUT2D eigenvalue weighted by molar-refractivity contribution is 7.11. The van der Waals surface area contributed by atoms with Crippen LogP contribution in [-0.4, -0.2) is 36.7 Å². The number of hydrogen-bond acceptors (Lipinski definition) is 4. The topological polar surface area (TPSA) is 58.5 Å². The molecule has 1 rings (SSSR count). The lowest BCUT2D eigenvalue weighted by Gasteiger charge is -2.24. The van der Waals surface area contributed by atoms with Gasteiger partial charge in [-0.1, -0.05) is 0 Å². The van der Waals surface area contributed by atoms with Crippen LogP contribution in [0, 0.1) is 6.92 Å². The molecule has 1 aromatic heterocycles. The first kappa shape index (κ1) is 15.9. The van der Waals surface area contributed by atoms with Crippen LogP contribution >= 0.6 is 11.3 Å². The van der Waals surface area contributed by atoms with Crippen LogP contribution in [0.15, 0.2) is 11.2 Å². The first-order valence-electron chi connectivity index (χ1n) is 6.45. The zero-order valence-electron chi connectivity index (χ0n) is 12.4. The van der Waals surface area contributed by atoms with Crippen LogP contribution in [0.4, 0.5) is 0 Å². The van der Waals surface area contributed by atoms with E-state index in [-0.39, 0.29) is 5.60 Å². The predicted molar refractivity (Wildman–Crippen MR) is 80.8 cm³/mol. The Morgan fingerprint density at radius 2 is 2.21 bits per heavy atom. The van der Waals surface area contributed by atoms with Gasteiger partial charge < -0.3 is 15.4 Å². The molecule has 0 spiro atoms. The quantitative estimate of drug-likeness (QED) is 0.619. The number of rotatable bonds is 6. The fourth-order valence-corrected chi connectivity index (χ4v) is 2.07. The van der Waals surface area contributed by atoms with E-state index in [4.69, 9.17) is 4.74 Å². The van der Waals surface area contributed by atoms with Gasteiger partial charge in [-0.2, -0.15) is 0 Å². The average Bonchev–Trinajstić information content (AvgIpc) is 2.79. The lowest BCUT2D eigenvalue weighted by Crippen LogP contribution is -2.45. The Kier molecular flexibility index (Phi) is 6.24. The van der Waals surface area contributed by atoms with Crippen molar-refractivity contribution in [1.29, 1.82) is 0 Å². The largest absolute Gasteiger partial charge is 0.377 e. The van der Waals surface area contributed by atoms with E-state index in [2.05, 4.69) is 27.5 Å². The van der Waals surface area contributed by atoms with Gasteiger partial charge in [0, 0.05) is 31.3 Å². The van der Waals surface area contributed by atoms with Crippen molar-refractivity contribution in [3.05, 3.63) is 16.1 Å². The minimum atomic E-state index is -0.211. The number of aryl methyl sites for hydroxylation is 1. The highest BCUT2D eigenvalue weighted by atomic mass is 32.1. The van der Waals surface area contributed by atoms with Gasteiger partial charge in [-0.05, 0) is 27.7 Å². The number of aliphatic imine (C=N–C) groups is 1. The molecular weight excluding hydrogens is 260 g/mol. The second-order valence-corrected chi connectivity index (χ2v) is 6.18. The third kappa shape index (κ3) is 6.02. The normalized spacial score (nSPS) is 12.6. The van der Waals surface area contributed by atoms with Crippen molar-refractivity contribution in [3.63, 3.8) is 0 Å². The van der Waals surface area contributed by atoms with Crippen LogP contribution in [-0.2, 0) is 11.3 Å². The van der Waals surface area contributed by atoms with Crippen molar-refractivity contribution in [3.8, 4) is 0 Å². The molecule has 0 aliphatic rings. The first-order chi connectivity index (χ1) is 8.96. The summed E-state index contributed by atoms with van der Waals surface area (Å²) in [6.45, 7) is 10.3. The molecule has 19 heavy (non-hydrogen) atoms. The minimum absolute atomic E-state index is 0.211. The van der Waals surface area contributed by atoms with Crippen LogP contribution in [0.5, 0.6) is 0 Å². The summed E-state index contributed by atoms with van der Waals surface area (Å²) in [4.78, 5) is 9.94. The Morgan fingerprint density at radius 1 is 1.47 bits per heavy atom. The Bertz CT molecular complexity index is 415. The third-order valence-electron chi connectivity index (χ3n) is 2.64. The van der Waals surface area contributed by atoms with E-state index >= 15 is 0 Å². The van der Waals surface area contributed by atoms with Crippen molar-refractivity contribution in [2.75, 3.05) is 20.2 Å². The van der Waals surface area contributed by atoms with E-state index in [9.17, 15) is 0 Å². The second kappa shape index (κ2) is 7.45. The van der Waals surface area contributed by atoms with Crippen LogP contribution in [0.2, 0.25) is 0 Å². The summed E-state index contributed by atoms with van der Waals surface area (Å²) in [6, 6.07) is 0. The lowest BCUT2D eigenvalue weighted by atomic mass is 10.1. The van der Waals surface area contributed by atoms with E-state index in [1.54, 1.807) is 18.4 Å². The summed E-state index contributed by atoms with van der Waals surface area (Å²) >= 11 is 1.68. The highest BCUT2D eigenvalue weighted by Crippen LogP contribution is 2.12. The first-order valence-corrected chi connectivity index (χ1v) is 7.27. The monoisotopic (exact) mass is 284 g/mol. The summed E-state index contributed by atoms with van der Waals surface area (Å²) in [5, 5.41) is 7.58. The molecule has 0 atom stereocenters. The number of nitrogens with one attached hydrogen (secondary N) is 2. The number of nitrogens with zero attached hydrogens (tertiary/aromatic N) is 2. The van der Waals surface area contributed by atoms with Crippen molar-refractivity contribution in [1.82, 2.24) is 15.6 Å². The summed E-state index contributed by atoms with van der Waals surface area (Å²) in [6.07, 6.45) is 1.88. The molecule has 0 radical (unpaired) electrons. The molecule has 0 unspecified atom stereocenters. The number of hydrogen-bond donors (Lipinski definition) is 2. The van der Waals surface area contributed by atoms with Crippen molar-refractivity contribution >= 4 is 17.3 Å². The number of ether oxygens (including phenoxy) is 1. The Balaban J connectivity index is 2.56. The zero-order chi connectivity index (χ0) is 14.3. The molecule has 0 aliphatic heterocycles.